The summed E-state index contributed by atoms with van der Waals surface area (Å²) in [7, 11) is -3.98. The van der Waals surface area contributed by atoms with E-state index in [1.54, 1.807) is 0 Å². The van der Waals surface area contributed by atoms with Gasteiger partial charge in [0.25, 0.3) is 10.1 Å². The maximum absolute atomic E-state index is 11.0. The van der Waals surface area contributed by atoms with Crippen LogP contribution in [0.25, 0.3) is 10.2 Å². The summed E-state index contributed by atoms with van der Waals surface area (Å²) in [5.41, 5.74) is 0.929. The molecule has 0 saturated carbocycles. The molecule has 0 fully saturated rings. The van der Waals surface area contributed by atoms with Gasteiger partial charge in [-0.25, -0.2) is 0 Å². The number of rotatable bonds is 20. The highest BCUT2D eigenvalue weighted by atomic mass is 32.2. The Morgan fingerprint density at radius 2 is 1.49 bits per heavy atom. The van der Waals surface area contributed by atoms with Crippen molar-refractivity contribution in [2.24, 2.45) is 10.9 Å². The fourth-order valence-electron chi connectivity index (χ4n) is 4.35. The Bertz CT molecular complexity index is 1020. The van der Waals surface area contributed by atoms with Gasteiger partial charge in [-0.2, -0.15) is 13.5 Å². The van der Waals surface area contributed by atoms with E-state index in [0.29, 0.717) is 18.0 Å². The largest absolute Gasteiger partial charge is 0.494 e. The van der Waals surface area contributed by atoms with Crippen molar-refractivity contribution in [2.75, 3.05) is 12.4 Å². The summed E-state index contributed by atoms with van der Waals surface area (Å²) in [5, 5.41) is 3.83. The molecule has 0 bridgehead atoms. The van der Waals surface area contributed by atoms with Crippen LogP contribution in [0.3, 0.4) is 0 Å². The van der Waals surface area contributed by atoms with E-state index in [9.17, 15) is 8.42 Å². The summed E-state index contributed by atoms with van der Waals surface area (Å²) in [5.74, 6) is 6.06. The van der Waals surface area contributed by atoms with Gasteiger partial charge < -0.3 is 15.1 Å². The Hall–Kier alpha value is -1.58. The number of aromatic nitrogens is 1. The quantitative estimate of drug-likeness (QED) is 0.0871. The van der Waals surface area contributed by atoms with Crippen LogP contribution < -0.4 is 15.4 Å². The number of hydrogen-bond acceptors (Lipinski definition) is 6. The molecule has 0 radical (unpaired) electrons. The Morgan fingerprint density at radius 3 is 2.03 bits per heavy atom. The molecular formula is C26H45N3O4S2. The van der Waals surface area contributed by atoms with Gasteiger partial charge in [0.15, 0.2) is 0 Å². The summed E-state index contributed by atoms with van der Waals surface area (Å²) in [4.78, 5) is 0.611. The Labute approximate surface area is 215 Å². The third kappa shape index (κ3) is 12.3. The first-order chi connectivity index (χ1) is 16.9. The highest BCUT2D eigenvalue weighted by Crippen LogP contribution is 2.24. The first kappa shape index (κ1) is 29.6. The minimum Gasteiger partial charge on any atom is -0.494 e. The highest BCUT2D eigenvalue weighted by Gasteiger charge is 2.10. The van der Waals surface area contributed by atoms with Gasteiger partial charge in [-0.3, -0.25) is 4.55 Å². The molecule has 0 amide bonds. The molecule has 2 rings (SSSR count). The zero-order valence-electron chi connectivity index (χ0n) is 21.4. The van der Waals surface area contributed by atoms with E-state index in [1.807, 2.05) is 22.8 Å². The van der Waals surface area contributed by atoms with Crippen molar-refractivity contribution < 1.29 is 17.7 Å². The number of hydrogen-bond donors (Lipinski definition) is 2. The molecule has 0 atom stereocenters. The number of nitrogens with two attached hydrogens (primary N) is 1. The molecule has 1 aromatic carbocycles. The van der Waals surface area contributed by atoms with Crippen LogP contribution in [-0.4, -0.2) is 29.9 Å². The van der Waals surface area contributed by atoms with Crippen LogP contribution in [0.2, 0.25) is 0 Å². The SMILES string of the molecule is CCCCCCCCCCCCCCCCOc1ccc2c(c1)sc(=NN)n2CCCS(=O)(=O)O. The minimum absolute atomic E-state index is 0.287. The lowest BCUT2D eigenvalue weighted by atomic mass is 10.0. The topological polar surface area (TPSA) is 107 Å². The van der Waals surface area contributed by atoms with Crippen LogP contribution in [0, 0.1) is 0 Å². The third-order valence-electron chi connectivity index (χ3n) is 6.32. The number of thiazole rings is 1. The van der Waals surface area contributed by atoms with Gasteiger partial charge in [-0.1, -0.05) is 102 Å². The molecule has 2 aromatic rings. The third-order valence-corrected chi connectivity index (χ3v) is 8.18. The molecule has 0 unspecified atom stereocenters. The van der Waals surface area contributed by atoms with E-state index >= 15 is 0 Å². The summed E-state index contributed by atoms with van der Waals surface area (Å²) in [6.45, 7) is 3.39. The van der Waals surface area contributed by atoms with E-state index in [-0.39, 0.29) is 12.2 Å². The van der Waals surface area contributed by atoms with Gasteiger partial charge in [-0.15, -0.1) is 0 Å². The van der Waals surface area contributed by atoms with E-state index in [0.717, 1.165) is 22.4 Å². The van der Waals surface area contributed by atoms with Crippen molar-refractivity contribution in [1.29, 1.82) is 0 Å². The molecule has 0 saturated heterocycles. The second-order valence-corrected chi connectivity index (χ2v) is 12.0. The highest BCUT2D eigenvalue weighted by molar-refractivity contribution is 7.85. The van der Waals surface area contributed by atoms with Crippen LogP contribution in [-0.2, 0) is 16.7 Å². The number of unbranched alkanes of at least 4 members (excludes halogenated alkanes) is 13. The van der Waals surface area contributed by atoms with Crippen LogP contribution in [0.15, 0.2) is 23.3 Å². The van der Waals surface area contributed by atoms with Crippen LogP contribution >= 0.6 is 11.3 Å². The fraction of sp³-hybridized carbons (Fsp3) is 0.731. The number of aryl methyl sites for hydroxylation is 1. The summed E-state index contributed by atoms with van der Waals surface area (Å²) in [6.07, 6.45) is 19.0. The standard InChI is InChI=1S/C26H45N3O4S2/c1-2-3-4-5-6-7-8-9-10-11-12-13-14-15-20-33-23-17-18-24-25(22-23)34-26(28-27)29(24)19-16-21-35(30,31)32/h17-18,22H,2-16,19-21,27H2,1H3,(H,30,31,32). The number of benzene rings is 1. The maximum atomic E-state index is 11.0. The Kier molecular flexibility index (Phi) is 14.4. The first-order valence-corrected chi connectivity index (χ1v) is 15.8. The monoisotopic (exact) mass is 527 g/mol. The normalized spacial score (nSPS) is 12.6. The lowest BCUT2D eigenvalue weighted by Gasteiger charge is -2.08. The molecule has 0 aliphatic carbocycles. The number of nitrogens with zero attached hydrogens (tertiary/aromatic N) is 2. The molecule has 3 N–H and O–H groups in total. The van der Waals surface area contributed by atoms with Gasteiger partial charge in [0.2, 0.25) is 4.80 Å². The van der Waals surface area contributed by atoms with Crippen LogP contribution in [0.4, 0.5) is 0 Å². The molecule has 0 spiro atoms. The first-order valence-electron chi connectivity index (χ1n) is 13.4. The van der Waals surface area contributed by atoms with Crippen LogP contribution in [0.5, 0.6) is 5.75 Å². The molecule has 35 heavy (non-hydrogen) atoms. The van der Waals surface area contributed by atoms with Gasteiger partial charge in [0.05, 0.1) is 22.6 Å². The van der Waals surface area contributed by atoms with Crippen molar-refractivity contribution in [3.8, 4) is 5.75 Å². The van der Waals surface area contributed by atoms with Crippen molar-refractivity contribution in [3.63, 3.8) is 0 Å². The molecule has 1 aromatic heterocycles. The summed E-state index contributed by atoms with van der Waals surface area (Å²) < 4.78 is 39.7. The fourth-order valence-corrected chi connectivity index (χ4v) is 5.85. The smallest absolute Gasteiger partial charge is 0.264 e. The van der Waals surface area contributed by atoms with Crippen molar-refractivity contribution in [3.05, 3.63) is 23.0 Å². The van der Waals surface area contributed by atoms with Gasteiger partial charge in [-0.05, 0) is 31.0 Å². The van der Waals surface area contributed by atoms with E-state index in [4.69, 9.17) is 15.1 Å². The van der Waals surface area contributed by atoms with Gasteiger partial charge in [0.1, 0.15) is 5.75 Å². The molecule has 0 aliphatic rings. The van der Waals surface area contributed by atoms with Crippen molar-refractivity contribution in [2.45, 2.75) is 110 Å². The second-order valence-electron chi connectivity index (χ2n) is 9.38. The Balaban J connectivity index is 1.59. The number of fused-ring (bicyclic) bond motifs is 1. The van der Waals surface area contributed by atoms with Gasteiger partial charge >= 0.3 is 0 Å². The molecule has 1 heterocycles. The summed E-state index contributed by atoms with van der Waals surface area (Å²) in [6, 6.07) is 5.87. The predicted octanol–water partition coefficient (Wildman–Crippen LogP) is 6.62. The average molecular weight is 528 g/mol. The van der Waals surface area contributed by atoms with Gasteiger partial charge in [0, 0.05) is 6.54 Å². The van der Waals surface area contributed by atoms with E-state index in [2.05, 4.69) is 12.0 Å². The van der Waals surface area contributed by atoms with E-state index in [1.165, 1.54) is 94.8 Å². The minimum atomic E-state index is -3.98. The average Bonchev–Trinajstić information content (AvgIpc) is 3.17. The predicted molar refractivity (Wildman–Crippen MR) is 146 cm³/mol. The summed E-state index contributed by atoms with van der Waals surface area (Å²) >= 11 is 1.44. The molecule has 7 nitrogen and oxygen atoms in total. The number of ether oxygens (including phenoxy) is 1. The lowest BCUT2D eigenvalue weighted by molar-refractivity contribution is 0.304. The molecule has 9 heteroatoms. The zero-order chi connectivity index (χ0) is 25.4. The zero-order valence-corrected chi connectivity index (χ0v) is 23.1. The second kappa shape index (κ2) is 17.0. The maximum Gasteiger partial charge on any atom is 0.264 e. The molecule has 200 valence electrons. The van der Waals surface area contributed by atoms with Crippen molar-refractivity contribution in [1.82, 2.24) is 4.57 Å². The molecular weight excluding hydrogens is 482 g/mol. The van der Waals surface area contributed by atoms with Crippen molar-refractivity contribution >= 4 is 31.7 Å². The van der Waals surface area contributed by atoms with E-state index < -0.39 is 10.1 Å². The Morgan fingerprint density at radius 1 is 0.914 bits per heavy atom. The molecule has 0 aliphatic heterocycles. The lowest BCUT2D eigenvalue weighted by Crippen LogP contribution is -2.18. The van der Waals surface area contributed by atoms with Crippen LogP contribution in [0.1, 0.15) is 103 Å².